The van der Waals surface area contributed by atoms with E-state index in [9.17, 15) is 9.59 Å². The third kappa shape index (κ3) is 2.06. The number of rotatable bonds is 2. The molecule has 2 aliphatic heterocycles. The molecule has 5 heteroatoms. The average molecular weight is 275 g/mol. The summed E-state index contributed by atoms with van der Waals surface area (Å²) in [5, 5.41) is 3.32. The average Bonchev–Trinajstić information content (AvgIpc) is 2.78. The first-order valence-electron chi connectivity index (χ1n) is 7.39. The zero-order valence-electron chi connectivity index (χ0n) is 11.9. The molecule has 0 aliphatic carbocycles. The number of nitrogens with one attached hydrogen (secondary N) is 1. The normalized spacial score (nSPS) is 21.6. The number of hydrogen-bond acceptors (Lipinski definition) is 3. The van der Waals surface area contributed by atoms with Crippen LogP contribution in [0.1, 0.15) is 26.2 Å². The van der Waals surface area contributed by atoms with E-state index >= 15 is 0 Å². The number of nitrogens with zero attached hydrogens (tertiary/aromatic N) is 2. The lowest BCUT2D eigenvalue weighted by molar-refractivity contribution is -0.126. The van der Waals surface area contributed by atoms with Crippen LogP contribution in [-0.2, 0) is 11.3 Å². The van der Waals surface area contributed by atoms with Gasteiger partial charge >= 0.3 is 0 Å². The highest BCUT2D eigenvalue weighted by atomic mass is 16.2. The summed E-state index contributed by atoms with van der Waals surface area (Å²) < 4.78 is 1.65. The highest BCUT2D eigenvalue weighted by Crippen LogP contribution is 2.41. The van der Waals surface area contributed by atoms with Gasteiger partial charge in [0.2, 0.25) is 5.91 Å². The summed E-state index contributed by atoms with van der Waals surface area (Å²) in [6.07, 6.45) is 4.59. The molecule has 3 heterocycles. The predicted octanol–water partition coefficient (Wildman–Crippen LogP) is 0.975. The zero-order valence-corrected chi connectivity index (χ0v) is 11.9. The van der Waals surface area contributed by atoms with Crippen molar-refractivity contribution in [3.63, 3.8) is 0 Å². The summed E-state index contributed by atoms with van der Waals surface area (Å²) in [6, 6.07) is 3.33. The molecule has 3 rings (SSSR count). The fourth-order valence-corrected chi connectivity index (χ4v) is 3.36. The molecular weight excluding hydrogens is 254 g/mol. The minimum atomic E-state index is -0.168. The Hall–Kier alpha value is -1.62. The van der Waals surface area contributed by atoms with Crippen LogP contribution in [0.3, 0.4) is 0 Å². The minimum Gasteiger partial charge on any atom is -0.317 e. The van der Waals surface area contributed by atoms with Crippen LogP contribution in [0.25, 0.3) is 0 Å². The van der Waals surface area contributed by atoms with Crippen LogP contribution in [0.5, 0.6) is 0 Å². The molecule has 5 nitrogen and oxygen atoms in total. The van der Waals surface area contributed by atoms with Crippen LogP contribution in [0.15, 0.2) is 23.1 Å². The highest BCUT2D eigenvalue weighted by Gasteiger charge is 2.47. The molecule has 1 aromatic heterocycles. The van der Waals surface area contributed by atoms with Gasteiger partial charge in [0.05, 0.1) is 11.1 Å². The van der Waals surface area contributed by atoms with Gasteiger partial charge in [-0.1, -0.05) is 0 Å². The number of piperidine rings is 1. The molecule has 0 aromatic carbocycles. The van der Waals surface area contributed by atoms with Crippen LogP contribution in [-0.4, -0.2) is 30.1 Å². The van der Waals surface area contributed by atoms with Crippen LogP contribution in [0, 0.1) is 5.41 Å². The molecule has 108 valence electrons. The standard InChI is InChI=1S/C15H21N3O2/c1-2-17-11-12(3-4-13(17)19)18-10-7-15(14(18)20)5-8-16-9-6-15/h3-4,11,16H,2,5-10H2,1H3. The van der Waals surface area contributed by atoms with Crippen molar-refractivity contribution in [1.82, 2.24) is 9.88 Å². The molecule has 0 radical (unpaired) electrons. The lowest BCUT2D eigenvalue weighted by Gasteiger charge is -2.32. The minimum absolute atomic E-state index is 0.0144. The van der Waals surface area contributed by atoms with Crippen molar-refractivity contribution in [1.29, 1.82) is 0 Å². The lowest BCUT2D eigenvalue weighted by Crippen LogP contribution is -2.42. The fourth-order valence-electron chi connectivity index (χ4n) is 3.36. The van der Waals surface area contributed by atoms with Gasteiger partial charge in [-0.3, -0.25) is 9.59 Å². The van der Waals surface area contributed by atoms with E-state index in [1.165, 1.54) is 0 Å². The van der Waals surface area contributed by atoms with E-state index < -0.39 is 0 Å². The maximum atomic E-state index is 12.8. The molecule has 0 bridgehead atoms. The summed E-state index contributed by atoms with van der Waals surface area (Å²) in [5.74, 6) is 0.236. The molecular formula is C15H21N3O2. The first kappa shape index (κ1) is 13.4. The van der Waals surface area contributed by atoms with Crippen LogP contribution < -0.4 is 15.8 Å². The second-order valence-electron chi connectivity index (χ2n) is 5.75. The van der Waals surface area contributed by atoms with Crippen LogP contribution >= 0.6 is 0 Å². The Morgan fingerprint density at radius 1 is 1.20 bits per heavy atom. The molecule has 2 fully saturated rings. The van der Waals surface area contributed by atoms with E-state index in [1.54, 1.807) is 22.9 Å². The molecule has 0 saturated carbocycles. The summed E-state index contributed by atoms with van der Waals surface area (Å²) in [6.45, 7) is 5.18. The van der Waals surface area contributed by atoms with Gasteiger partial charge in [0.15, 0.2) is 0 Å². The van der Waals surface area contributed by atoms with Crippen molar-refractivity contribution >= 4 is 11.6 Å². The van der Waals surface area contributed by atoms with Crippen LogP contribution in [0.4, 0.5) is 5.69 Å². The van der Waals surface area contributed by atoms with Gasteiger partial charge in [0, 0.05) is 25.4 Å². The second-order valence-corrected chi connectivity index (χ2v) is 5.75. The van der Waals surface area contributed by atoms with E-state index in [2.05, 4.69) is 5.32 Å². The molecule has 1 N–H and O–H groups in total. The predicted molar refractivity (Wildman–Crippen MR) is 77.9 cm³/mol. The van der Waals surface area contributed by atoms with Crippen molar-refractivity contribution in [2.45, 2.75) is 32.7 Å². The van der Waals surface area contributed by atoms with Gasteiger partial charge in [-0.2, -0.15) is 0 Å². The molecule has 1 spiro atoms. The number of carbonyl (C=O) groups is 1. The molecule has 2 saturated heterocycles. The van der Waals surface area contributed by atoms with Gasteiger partial charge in [-0.05, 0) is 45.3 Å². The highest BCUT2D eigenvalue weighted by molar-refractivity contribution is 5.99. The molecule has 20 heavy (non-hydrogen) atoms. The van der Waals surface area contributed by atoms with Crippen molar-refractivity contribution in [2.75, 3.05) is 24.5 Å². The third-order valence-electron chi connectivity index (χ3n) is 4.69. The number of hydrogen-bond donors (Lipinski definition) is 1. The number of pyridine rings is 1. The Balaban J connectivity index is 1.89. The zero-order chi connectivity index (χ0) is 14.2. The van der Waals surface area contributed by atoms with E-state index in [-0.39, 0.29) is 16.9 Å². The van der Waals surface area contributed by atoms with Crippen molar-refractivity contribution in [2.24, 2.45) is 5.41 Å². The number of carbonyl (C=O) groups excluding carboxylic acids is 1. The fraction of sp³-hybridized carbons (Fsp3) is 0.600. The molecule has 1 aromatic rings. The lowest BCUT2D eigenvalue weighted by atomic mass is 9.78. The van der Waals surface area contributed by atoms with Gasteiger partial charge in [0.1, 0.15) is 0 Å². The topological polar surface area (TPSA) is 54.3 Å². The van der Waals surface area contributed by atoms with Crippen molar-refractivity contribution in [3.8, 4) is 0 Å². The van der Waals surface area contributed by atoms with Crippen LogP contribution in [0.2, 0.25) is 0 Å². The molecule has 0 atom stereocenters. The SMILES string of the molecule is CCn1cc(N2CCC3(CCNCC3)C2=O)ccc1=O. The maximum absolute atomic E-state index is 12.8. The van der Waals surface area contributed by atoms with Crippen molar-refractivity contribution in [3.05, 3.63) is 28.7 Å². The van der Waals surface area contributed by atoms with Crippen molar-refractivity contribution < 1.29 is 4.79 Å². The van der Waals surface area contributed by atoms with E-state index in [4.69, 9.17) is 0 Å². The Labute approximate surface area is 118 Å². The number of anilines is 1. The smallest absolute Gasteiger partial charge is 0.250 e. The molecule has 1 amide bonds. The molecule has 0 unspecified atom stereocenters. The van der Waals surface area contributed by atoms with Gasteiger partial charge in [-0.25, -0.2) is 0 Å². The summed E-state index contributed by atoms with van der Waals surface area (Å²) >= 11 is 0. The number of aromatic nitrogens is 1. The maximum Gasteiger partial charge on any atom is 0.250 e. The Morgan fingerprint density at radius 3 is 2.65 bits per heavy atom. The Morgan fingerprint density at radius 2 is 1.95 bits per heavy atom. The molecule has 2 aliphatic rings. The summed E-state index contributed by atoms with van der Waals surface area (Å²) in [7, 11) is 0. The first-order valence-corrected chi connectivity index (χ1v) is 7.39. The second kappa shape index (κ2) is 5.05. The largest absolute Gasteiger partial charge is 0.317 e. The first-order chi connectivity index (χ1) is 9.66. The van der Waals surface area contributed by atoms with E-state index in [0.717, 1.165) is 44.6 Å². The quantitative estimate of drug-likeness (QED) is 0.875. The van der Waals surface area contributed by atoms with E-state index in [0.29, 0.717) is 6.54 Å². The monoisotopic (exact) mass is 275 g/mol. The third-order valence-corrected chi connectivity index (χ3v) is 4.69. The number of aryl methyl sites for hydroxylation is 1. The van der Waals surface area contributed by atoms with Gasteiger partial charge in [-0.15, -0.1) is 0 Å². The summed E-state index contributed by atoms with van der Waals surface area (Å²) in [4.78, 5) is 26.3. The van der Waals surface area contributed by atoms with E-state index in [1.807, 2.05) is 11.8 Å². The Bertz CT molecular complexity index is 573. The Kier molecular flexibility index (Phi) is 3.38. The van der Waals surface area contributed by atoms with Gasteiger partial charge < -0.3 is 14.8 Å². The van der Waals surface area contributed by atoms with Gasteiger partial charge in [0.25, 0.3) is 5.56 Å². The number of amides is 1. The summed E-state index contributed by atoms with van der Waals surface area (Å²) in [5.41, 5.74) is 0.671.